The summed E-state index contributed by atoms with van der Waals surface area (Å²) in [6.45, 7) is 11.8. The molecule has 8 nitrogen and oxygen atoms in total. The molecule has 2 N–H and O–H groups in total. The van der Waals surface area contributed by atoms with Crippen LogP contribution in [0.2, 0.25) is 0 Å². The first-order valence-electron chi connectivity index (χ1n) is 12.8. The molecule has 2 unspecified atom stereocenters. The number of fused-ring (bicyclic) bond motifs is 6. The van der Waals surface area contributed by atoms with Gasteiger partial charge in [-0.1, -0.05) is 26.8 Å². The summed E-state index contributed by atoms with van der Waals surface area (Å²) in [5.74, 6) is 1.81. The molecule has 2 atom stereocenters. The summed E-state index contributed by atoms with van der Waals surface area (Å²) < 4.78 is 3.00. The normalized spacial score (nSPS) is 21.8. The van der Waals surface area contributed by atoms with Gasteiger partial charge in [-0.15, -0.1) is 0 Å². The molecule has 1 amide bonds. The number of pyridine rings is 2. The monoisotopic (exact) mass is 517 g/mol. The highest BCUT2D eigenvalue weighted by atomic mass is 32.2. The van der Waals surface area contributed by atoms with E-state index in [0.29, 0.717) is 16.5 Å². The summed E-state index contributed by atoms with van der Waals surface area (Å²) >= 11 is 1.22. The predicted octanol–water partition coefficient (Wildman–Crippen LogP) is 5.55. The lowest BCUT2D eigenvalue weighted by Crippen LogP contribution is -2.40. The Bertz CT molecular complexity index is 1280. The van der Waals surface area contributed by atoms with E-state index >= 15 is 0 Å². The third-order valence-electron chi connectivity index (χ3n) is 7.24. The SMILES string of the molecule is CC(C)(C)c1ccc2c(n1)N1CC(CCC(c3cncnc3)Nc3cccc(n3)SNC2=O)CC1(C)C. The van der Waals surface area contributed by atoms with Crippen LogP contribution in [0, 0.1) is 5.92 Å². The molecule has 0 saturated carbocycles. The molecule has 9 heteroatoms. The summed E-state index contributed by atoms with van der Waals surface area (Å²) in [5.41, 5.74) is 2.36. The summed E-state index contributed by atoms with van der Waals surface area (Å²) in [6.07, 6.45) is 8.26. The first kappa shape index (κ1) is 25.4. The molecular formula is C28H35N7OS. The maximum atomic E-state index is 13.5. The molecule has 2 aliphatic heterocycles. The minimum Gasteiger partial charge on any atom is -0.363 e. The standard InChI is InChI=1S/C28H35N7OS/c1-27(2,3)22-12-10-20-25(32-22)35-16-18(13-28(35,4)5)9-11-21(19-14-29-17-30-15-19)31-23-7-6-8-24(33-23)37-34-26(20)36/h6-8,10,12,14-15,17-18,21H,9,11,13,16H2,1-5H3,(H,31,33)(H,34,36). The number of hydrogen-bond donors (Lipinski definition) is 2. The highest BCUT2D eigenvalue weighted by molar-refractivity contribution is 7.97. The fourth-order valence-corrected chi connectivity index (χ4v) is 5.90. The van der Waals surface area contributed by atoms with Crippen LogP contribution in [0.15, 0.2) is 54.1 Å². The van der Waals surface area contributed by atoms with Crippen LogP contribution in [0.1, 0.15) is 81.5 Å². The van der Waals surface area contributed by atoms with E-state index in [1.165, 1.54) is 11.9 Å². The van der Waals surface area contributed by atoms with Crippen LogP contribution in [0.5, 0.6) is 0 Å². The molecule has 1 saturated heterocycles. The van der Waals surface area contributed by atoms with E-state index in [2.05, 4.69) is 59.5 Å². The van der Waals surface area contributed by atoms with Crippen molar-refractivity contribution in [2.75, 3.05) is 16.8 Å². The van der Waals surface area contributed by atoms with Gasteiger partial charge in [0.25, 0.3) is 5.91 Å². The Morgan fingerprint density at radius 3 is 2.59 bits per heavy atom. The Morgan fingerprint density at radius 2 is 1.84 bits per heavy atom. The Kier molecular flexibility index (Phi) is 6.83. The number of nitrogens with zero attached hydrogens (tertiary/aromatic N) is 5. The molecule has 0 aliphatic carbocycles. The van der Waals surface area contributed by atoms with Crippen molar-refractivity contribution in [3.05, 3.63) is 65.9 Å². The number of rotatable bonds is 1. The van der Waals surface area contributed by atoms with E-state index in [1.54, 1.807) is 6.33 Å². The van der Waals surface area contributed by atoms with E-state index in [9.17, 15) is 4.79 Å². The van der Waals surface area contributed by atoms with E-state index in [0.717, 1.165) is 48.7 Å². The van der Waals surface area contributed by atoms with Crippen molar-refractivity contribution in [1.82, 2.24) is 24.7 Å². The highest BCUT2D eigenvalue weighted by Gasteiger charge is 2.41. The third kappa shape index (κ3) is 5.56. The van der Waals surface area contributed by atoms with E-state index in [-0.39, 0.29) is 22.9 Å². The van der Waals surface area contributed by atoms with E-state index in [4.69, 9.17) is 9.97 Å². The van der Waals surface area contributed by atoms with E-state index < -0.39 is 0 Å². The van der Waals surface area contributed by atoms with Gasteiger partial charge in [-0.25, -0.2) is 19.9 Å². The van der Waals surface area contributed by atoms with Crippen molar-refractivity contribution < 1.29 is 4.79 Å². The maximum Gasteiger partial charge on any atom is 0.265 e. The zero-order valence-electron chi connectivity index (χ0n) is 22.2. The second-order valence-electron chi connectivity index (χ2n) is 11.7. The number of carbonyl (C=O) groups is 1. The molecule has 0 radical (unpaired) electrons. The summed E-state index contributed by atoms with van der Waals surface area (Å²) in [4.78, 5) is 34.2. The zero-order valence-corrected chi connectivity index (χ0v) is 23.0. The highest BCUT2D eigenvalue weighted by Crippen LogP contribution is 2.41. The van der Waals surface area contributed by atoms with Gasteiger partial charge in [0.2, 0.25) is 0 Å². The van der Waals surface area contributed by atoms with Crippen molar-refractivity contribution in [3.8, 4) is 0 Å². The average molecular weight is 518 g/mol. The van der Waals surface area contributed by atoms with Crippen LogP contribution < -0.4 is 14.9 Å². The van der Waals surface area contributed by atoms with E-state index in [1.807, 2.05) is 42.7 Å². The van der Waals surface area contributed by atoms with Gasteiger partial charge < -0.3 is 10.2 Å². The van der Waals surface area contributed by atoms with Crippen molar-refractivity contribution in [1.29, 1.82) is 0 Å². The second-order valence-corrected chi connectivity index (χ2v) is 12.5. The van der Waals surface area contributed by atoms with Crippen molar-refractivity contribution in [2.45, 2.75) is 75.9 Å². The number of hydrogen-bond acceptors (Lipinski definition) is 8. The Labute approximate surface area is 223 Å². The summed E-state index contributed by atoms with van der Waals surface area (Å²) in [7, 11) is 0. The van der Waals surface area contributed by atoms with Gasteiger partial charge in [0.1, 0.15) is 23.0 Å². The zero-order chi connectivity index (χ0) is 26.2. The Balaban J connectivity index is 1.56. The second kappa shape index (κ2) is 9.93. The van der Waals surface area contributed by atoms with Crippen LogP contribution in [-0.4, -0.2) is 37.9 Å². The molecule has 1 fully saturated rings. The predicted molar refractivity (Wildman–Crippen MR) is 148 cm³/mol. The number of amides is 1. The fraction of sp³-hybridized carbons (Fsp3) is 0.464. The van der Waals surface area contributed by atoms with Gasteiger partial charge in [-0.2, -0.15) is 0 Å². The minimum absolute atomic E-state index is 0.0312. The van der Waals surface area contributed by atoms with Crippen LogP contribution >= 0.6 is 11.9 Å². The number of carbonyl (C=O) groups excluding carboxylic acids is 1. The lowest BCUT2D eigenvalue weighted by Gasteiger charge is -2.34. The fourth-order valence-electron chi connectivity index (χ4n) is 5.30. The molecule has 37 heavy (non-hydrogen) atoms. The molecule has 4 bridgehead atoms. The molecule has 0 spiro atoms. The van der Waals surface area contributed by atoms with Crippen LogP contribution in [0.4, 0.5) is 11.6 Å². The first-order chi connectivity index (χ1) is 17.6. The van der Waals surface area contributed by atoms with Crippen molar-refractivity contribution in [3.63, 3.8) is 0 Å². The molecule has 0 aromatic carbocycles. The third-order valence-corrected chi connectivity index (χ3v) is 7.97. The molecule has 2 aliphatic rings. The molecule has 5 rings (SSSR count). The van der Waals surface area contributed by atoms with Gasteiger partial charge >= 0.3 is 0 Å². The smallest absolute Gasteiger partial charge is 0.265 e. The first-order valence-corrected chi connectivity index (χ1v) is 13.7. The Morgan fingerprint density at radius 1 is 1.05 bits per heavy atom. The van der Waals surface area contributed by atoms with Gasteiger partial charge in [-0.3, -0.25) is 9.52 Å². The minimum atomic E-state index is -0.165. The number of aromatic nitrogens is 4. The van der Waals surface area contributed by atoms with Crippen molar-refractivity contribution in [2.24, 2.45) is 5.92 Å². The number of anilines is 2. The molecule has 3 aromatic heterocycles. The summed E-state index contributed by atoms with van der Waals surface area (Å²) in [5, 5.41) is 4.30. The largest absolute Gasteiger partial charge is 0.363 e. The molecule has 194 valence electrons. The van der Waals surface area contributed by atoms with Crippen LogP contribution in [0.3, 0.4) is 0 Å². The van der Waals surface area contributed by atoms with Crippen LogP contribution in [0.25, 0.3) is 0 Å². The number of nitrogens with one attached hydrogen (secondary N) is 2. The Hall–Kier alpha value is -3.20. The molecule has 5 heterocycles. The quantitative estimate of drug-likeness (QED) is 0.406. The topological polar surface area (TPSA) is 95.9 Å². The van der Waals surface area contributed by atoms with Gasteiger partial charge in [0.15, 0.2) is 0 Å². The lowest BCUT2D eigenvalue weighted by molar-refractivity contribution is 0.0984. The lowest BCUT2D eigenvalue weighted by atomic mass is 9.90. The van der Waals surface area contributed by atoms with Crippen LogP contribution in [-0.2, 0) is 5.41 Å². The van der Waals surface area contributed by atoms with Gasteiger partial charge in [0.05, 0.1) is 11.6 Å². The maximum absolute atomic E-state index is 13.5. The molecule has 3 aromatic rings. The van der Waals surface area contributed by atoms with Gasteiger partial charge in [-0.05, 0) is 63.3 Å². The van der Waals surface area contributed by atoms with Crippen molar-refractivity contribution >= 4 is 29.5 Å². The molecular weight excluding hydrogens is 482 g/mol. The average Bonchev–Trinajstić information content (AvgIpc) is 3.18. The van der Waals surface area contributed by atoms with Gasteiger partial charge in [0, 0.05) is 53.1 Å². The summed E-state index contributed by atoms with van der Waals surface area (Å²) in [6, 6.07) is 9.73.